The molecular formula is C29H28N4O2. The Bertz CT molecular complexity index is 1340. The molecule has 2 aromatic heterocycles. The summed E-state index contributed by atoms with van der Waals surface area (Å²) in [4.78, 5) is 16.6. The smallest absolute Gasteiger partial charge is 0.231 e. The number of piperidine rings is 1. The number of likely N-dealkylation sites (tertiary alicyclic amines) is 1. The highest BCUT2D eigenvalue weighted by molar-refractivity contribution is 5.70. The molecule has 1 saturated heterocycles. The standard InChI is InChI=1S/C29H28N4O2/c1-20-5-2-3-7-24(20)25-16-31-29(22-10-12-30-13-11-22)32-28(25)23-6-4-14-33(18-23)17-21-8-9-26-27(15-21)35-19-34-26/h2-3,5,7-13,15-16,23H,4,6,14,17-19H2,1H3/t23-/m1/s1. The third-order valence-corrected chi connectivity index (χ3v) is 6.93. The van der Waals surface area contributed by atoms with Gasteiger partial charge in [0.1, 0.15) is 0 Å². The minimum atomic E-state index is 0.305. The van der Waals surface area contributed by atoms with Crippen molar-refractivity contribution >= 4 is 0 Å². The van der Waals surface area contributed by atoms with Crippen molar-refractivity contribution in [1.82, 2.24) is 19.9 Å². The van der Waals surface area contributed by atoms with E-state index in [1.165, 1.54) is 16.7 Å². The first-order chi connectivity index (χ1) is 17.2. The van der Waals surface area contributed by atoms with Crippen molar-refractivity contribution in [2.45, 2.75) is 32.2 Å². The van der Waals surface area contributed by atoms with Crippen LogP contribution in [0.4, 0.5) is 0 Å². The molecule has 0 radical (unpaired) electrons. The number of hydrogen-bond acceptors (Lipinski definition) is 6. The normalized spacial score (nSPS) is 17.5. The van der Waals surface area contributed by atoms with Gasteiger partial charge in [-0.15, -0.1) is 0 Å². The van der Waals surface area contributed by atoms with E-state index in [0.29, 0.717) is 12.7 Å². The first kappa shape index (κ1) is 21.7. The molecule has 2 aromatic carbocycles. The molecule has 4 heterocycles. The Morgan fingerprint density at radius 1 is 0.971 bits per heavy atom. The van der Waals surface area contributed by atoms with Crippen molar-refractivity contribution < 1.29 is 9.47 Å². The van der Waals surface area contributed by atoms with Gasteiger partial charge in [0.15, 0.2) is 17.3 Å². The Hall–Kier alpha value is -3.77. The molecule has 176 valence electrons. The quantitative estimate of drug-likeness (QED) is 0.382. The molecule has 6 nitrogen and oxygen atoms in total. The fourth-order valence-electron chi connectivity index (χ4n) is 5.15. The van der Waals surface area contributed by atoms with Gasteiger partial charge in [-0.3, -0.25) is 9.88 Å². The molecular weight excluding hydrogens is 436 g/mol. The lowest BCUT2D eigenvalue weighted by Crippen LogP contribution is -2.34. The van der Waals surface area contributed by atoms with E-state index in [0.717, 1.165) is 66.6 Å². The molecule has 0 unspecified atom stereocenters. The molecule has 35 heavy (non-hydrogen) atoms. The number of fused-ring (bicyclic) bond motifs is 1. The molecule has 0 N–H and O–H groups in total. The summed E-state index contributed by atoms with van der Waals surface area (Å²) in [5.74, 6) is 2.76. The van der Waals surface area contributed by atoms with Gasteiger partial charge in [0.25, 0.3) is 0 Å². The number of pyridine rings is 1. The Morgan fingerprint density at radius 3 is 2.71 bits per heavy atom. The minimum Gasteiger partial charge on any atom is -0.454 e. The van der Waals surface area contributed by atoms with Crippen LogP contribution in [0.5, 0.6) is 11.5 Å². The number of aryl methyl sites for hydroxylation is 1. The predicted octanol–water partition coefficient (Wildman–Crippen LogP) is 5.62. The van der Waals surface area contributed by atoms with E-state index in [9.17, 15) is 0 Å². The Morgan fingerprint density at radius 2 is 1.83 bits per heavy atom. The second-order valence-corrected chi connectivity index (χ2v) is 9.31. The first-order valence-corrected chi connectivity index (χ1v) is 12.2. The summed E-state index contributed by atoms with van der Waals surface area (Å²) < 4.78 is 11.1. The number of ether oxygens (including phenoxy) is 2. The minimum absolute atomic E-state index is 0.305. The average molecular weight is 465 g/mol. The van der Waals surface area contributed by atoms with Crippen LogP contribution in [0.25, 0.3) is 22.5 Å². The molecule has 2 aliphatic heterocycles. The van der Waals surface area contributed by atoms with Crippen molar-refractivity contribution in [2.75, 3.05) is 19.9 Å². The SMILES string of the molecule is Cc1ccccc1-c1cnc(-c2ccncc2)nc1[C@@H]1CCCN(Cc2ccc3c(c2)OCO3)C1. The van der Waals surface area contributed by atoms with Crippen molar-refractivity contribution in [3.8, 4) is 34.0 Å². The van der Waals surface area contributed by atoms with Crippen LogP contribution in [-0.4, -0.2) is 39.7 Å². The van der Waals surface area contributed by atoms with Crippen molar-refractivity contribution in [3.63, 3.8) is 0 Å². The molecule has 1 atom stereocenters. The summed E-state index contributed by atoms with van der Waals surface area (Å²) in [6, 6.07) is 18.7. The molecule has 0 aliphatic carbocycles. The van der Waals surface area contributed by atoms with Crippen LogP contribution in [0.1, 0.15) is 35.6 Å². The molecule has 4 aromatic rings. The number of aromatic nitrogens is 3. The molecule has 6 heteroatoms. The summed E-state index contributed by atoms with van der Waals surface area (Å²) in [6.07, 6.45) is 7.85. The Labute approximate surface area is 205 Å². The maximum atomic E-state index is 5.59. The highest BCUT2D eigenvalue weighted by atomic mass is 16.7. The lowest BCUT2D eigenvalue weighted by molar-refractivity contribution is 0.173. The second-order valence-electron chi connectivity index (χ2n) is 9.31. The van der Waals surface area contributed by atoms with Crippen LogP contribution >= 0.6 is 0 Å². The summed E-state index contributed by atoms with van der Waals surface area (Å²) in [5.41, 5.74) is 6.95. The van der Waals surface area contributed by atoms with Gasteiger partial charge in [-0.1, -0.05) is 30.3 Å². The van der Waals surface area contributed by atoms with Gasteiger partial charge in [0.2, 0.25) is 6.79 Å². The zero-order valence-corrected chi connectivity index (χ0v) is 19.9. The third kappa shape index (κ3) is 4.49. The van der Waals surface area contributed by atoms with Crippen molar-refractivity contribution in [1.29, 1.82) is 0 Å². The van der Waals surface area contributed by atoms with Crippen LogP contribution in [-0.2, 0) is 6.54 Å². The fourth-order valence-corrected chi connectivity index (χ4v) is 5.15. The second kappa shape index (κ2) is 9.47. The topological polar surface area (TPSA) is 60.4 Å². The van der Waals surface area contributed by atoms with Crippen LogP contribution in [0.3, 0.4) is 0 Å². The van der Waals surface area contributed by atoms with E-state index < -0.39 is 0 Å². The third-order valence-electron chi connectivity index (χ3n) is 6.93. The predicted molar refractivity (Wildman–Crippen MR) is 135 cm³/mol. The Kier molecular flexibility index (Phi) is 5.88. The van der Waals surface area contributed by atoms with Crippen LogP contribution in [0, 0.1) is 6.92 Å². The van der Waals surface area contributed by atoms with E-state index in [2.05, 4.69) is 53.2 Å². The number of benzene rings is 2. The lowest BCUT2D eigenvalue weighted by atomic mass is 9.88. The molecule has 6 rings (SSSR count). The van der Waals surface area contributed by atoms with E-state index in [1.807, 2.05) is 24.4 Å². The number of nitrogens with zero attached hydrogens (tertiary/aromatic N) is 4. The molecule has 0 amide bonds. The monoisotopic (exact) mass is 464 g/mol. The molecule has 0 spiro atoms. The average Bonchev–Trinajstić information content (AvgIpc) is 3.37. The van der Waals surface area contributed by atoms with Crippen LogP contribution < -0.4 is 9.47 Å². The van der Waals surface area contributed by atoms with Crippen molar-refractivity contribution in [3.05, 3.63) is 90.0 Å². The van der Waals surface area contributed by atoms with Gasteiger partial charge in [0.05, 0.1) is 5.69 Å². The summed E-state index contributed by atoms with van der Waals surface area (Å²) >= 11 is 0. The lowest BCUT2D eigenvalue weighted by Gasteiger charge is -2.33. The van der Waals surface area contributed by atoms with E-state index in [-0.39, 0.29) is 0 Å². The van der Waals surface area contributed by atoms with E-state index >= 15 is 0 Å². The van der Waals surface area contributed by atoms with Gasteiger partial charge in [-0.05, 0) is 67.3 Å². The van der Waals surface area contributed by atoms with E-state index in [4.69, 9.17) is 19.4 Å². The molecule has 1 fully saturated rings. The van der Waals surface area contributed by atoms with Gasteiger partial charge in [-0.2, -0.15) is 0 Å². The summed E-state index contributed by atoms with van der Waals surface area (Å²) in [5, 5.41) is 0. The zero-order valence-electron chi connectivity index (χ0n) is 19.9. The summed E-state index contributed by atoms with van der Waals surface area (Å²) in [6.45, 7) is 5.38. The first-order valence-electron chi connectivity index (χ1n) is 12.2. The van der Waals surface area contributed by atoms with Crippen LogP contribution in [0.15, 0.2) is 73.2 Å². The van der Waals surface area contributed by atoms with Crippen molar-refractivity contribution in [2.24, 2.45) is 0 Å². The Balaban J connectivity index is 1.33. The molecule has 0 bridgehead atoms. The summed E-state index contributed by atoms with van der Waals surface area (Å²) in [7, 11) is 0. The van der Waals surface area contributed by atoms with E-state index in [1.54, 1.807) is 12.4 Å². The molecule has 0 saturated carbocycles. The maximum Gasteiger partial charge on any atom is 0.231 e. The maximum absolute atomic E-state index is 5.59. The highest BCUT2D eigenvalue weighted by Crippen LogP contribution is 2.37. The fraction of sp³-hybridized carbons (Fsp3) is 0.276. The largest absolute Gasteiger partial charge is 0.454 e. The number of hydrogen-bond donors (Lipinski definition) is 0. The van der Waals surface area contributed by atoms with Gasteiger partial charge in [0, 0.05) is 48.7 Å². The number of rotatable bonds is 5. The van der Waals surface area contributed by atoms with Gasteiger partial charge >= 0.3 is 0 Å². The van der Waals surface area contributed by atoms with Gasteiger partial charge in [-0.25, -0.2) is 9.97 Å². The van der Waals surface area contributed by atoms with Gasteiger partial charge < -0.3 is 9.47 Å². The molecule has 2 aliphatic rings. The zero-order chi connectivity index (χ0) is 23.6. The van der Waals surface area contributed by atoms with Crippen LogP contribution in [0.2, 0.25) is 0 Å². The highest BCUT2D eigenvalue weighted by Gasteiger charge is 2.27.